The summed E-state index contributed by atoms with van der Waals surface area (Å²) in [6, 6.07) is 0.142. The van der Waals surface area contributed by atoms with Gasteiger partial charge in [0, 0.05) is 19.6 Å². The SMILES string of the molecule is CN1C(=O)CC(NCC2CCCCN2)C1=O. The summed E-state index contributed by atoms with van der Waals surface area (Å²) in [6.07, 6.45) is 3.94. The second kappa shape index (κ2) is 4.93. The minimum absolute atomic E-state index is 0.0842. The van der Waals surface area contributed by atoms with E-state index in [1.165, 1.54) is 17.7 Å². The van der Waals surface area contributed by atoms with E-state index in [2.05, 4.69) is 10.6 Å². The Balaban J connectivity index is 1.77. The van der Waals surface area contributed by atoms with Crippen LogP contribution in [0.2, 0.25) is 0 Å². The summed E-state index contributed by atoms with van der Waals surface area (Å²) in [4.78, 5) is 24.1. The molecule has 5 heteroatoms. The zero-order chi connectivity index (χ0) is 11.5. The molecule has 2 amide bonds. The van der Waals surface area contributed by atoms with E-state index in [0.29, 0.717) is 12.5 Å². The van der Waals surface area contributed by atoms with E-state index in [-0.39, 0.29) is 17.9 Å². The van der Waals surface area contributed by atoms with Gasteiger partial charge in [-0.3, -0.25) is 14.5 Å². The van der Waals surface area contributed by atoms with Crippen LogP contribution in [0.5, 0.6) is 0 Å². The number of piperidine rings is 1. The van der Waals surface area contributed by atoms with E-state index in [9.17, 15) is 9.59 Å². The molecule has 2 fully saturated rings. The van der Waals surface area contributed by atoms with Crippen molar-refractivity contribution < 1.29 is 9.59 Å². The van der Waals surface area contributed by atoms with Gasteiger partial charge in [0.15, 0.2) is 0 Å². The lowest BCUT2D eigenvalue weighted by atomic mass is 10.0. The first-order chi connectivity index (χ1) is 7.68. The van der Waals surface area contributed by atoms with Gasteiger partial charge in [-0.1, -0.05) is 6.42 Å². The molecule has 2 unspecified atom stereocenters. The molecule has 2 saturated heterocycles. The normalized spacial score (nSPS) is 31.2. The van der Waals surface area contributed by atoms with Gasteiger partial charge in [0.2, 0.25) is 11.8 Å². The van der Waals surface area contributed by atoms with Gasteiger partial charge in [-0.15, -0.1) is 0 Å². The smallest absolute Gasteiger partial charge is 0.246 e. The second-order valence-corrected chi connectivity index (χ2v) is 4.60. The highest BCUT2D eigenvalue weighted by Gasteiger charge is 2.35. The summed E-state index contributed by atoms with van der Waals surface area (Å²) < 4.78 is 0. The van der Waals surface area contributed by atoms with E-state index in [1.54, 1.807) is 7.05 Å². The lowest BCUT2D eigenvalue weighted by molar-refractivity contribution is -0.137. The van der Waals surface area contributed by atoms with E-state index < -0.39 is 0 Å². The molecule has 5 nitrogen and oxygen atoms in total. The Labute approximate surface area is 95.6 Å². The summed E-state index contributed by atoms with van der Waals surface area (Å²) >= 11 is 0. The van der Waals surface area contributed by atoms with Crippen LogP contribution in [-0.4, -0.2) is 48.9 Å². The molecule has 0 aliphatic carbocycles. The molecular formula is C11H19N3O2. The molecule has 2 aliphatic rings. The molecule has 0 aromatic heterocycles. The largest absolute Gasteiger partial charge is 0.313 e. The first kappa shape index (κ1) is 11.5. The molecule has 2 aliphatic heterocycles. The number of amides is 2. The molecule has 2 heterocycles. The fourth-order valence-electron chi connectivity index (χ4n) is 2.30. The van der Waals surface area contributed by atoms with Crippen LogP contribution in [-0.2, 0) is 9.59 Å². The van der Waals surface area contributed by atoms with E-state index in [4.69, 9.17) is 0 Å². The second-order valence-electron chi connectivity index (χ2n) is 4.60. The van der Waals surface area contributed by atoms with Crippen molar-refractivity contribution in [2.75, 3.05) is 20.1 Å². The molecule has 16 heavy (non-hydrogen) atoms. The molecule has 90 valence electrons. The highest BCUT2D eigenvalue weighted by atomic mass is 16.2. The fourth-order valence-corrected chi connectivity index (χ4v) is 2.30. The Kier molecular flexibility index (Phi) is 3.56. The number of hydrogen-bond acceptors (Lipinski definition) is 4. The fraction of sp³-hybridized carbons (Fsp3) is 0.818. The average Bonchev–Trinajstić information content (AvgIpc) is 2.56. The molecule has 0 saturated carbocycles. The third-order valence-corrected chi connectivity index (χ3v) is 3.40. The zero-order valence-electron chi connectivity index (χ0n) is 9.66. The minimum Gasteiger partial charge on any atom is -0.313 e. The molecular weight excluding hydrogens is 206 g/mol. The van der Waals surface area contributed by atoms with Gasteiger partial charge in [-0.25, -0.2) is 0 Å². The molecule has 0 bridgehead atoms. The molecule has 0 aromatic carbocycles. The summed E-state index contributed by atoms with van der Waals surface area (Å²) in [7, 11) is 1.55. The molecule has 0 spiro atoms. The van der Waals surface area contributed by atoms with Crippen LogP contribution < -0.4 is 10.6 Å². The van der Waals surface area contributed by atoms with Crippen LogP contribution in [0.4, 0.5) is 0 Å². The van der Waals surface area contributed by atoms with Crippen LogP contribution in [0.15, 0.2) is 0 Å². The van der Waals surface area contributed by atoms with Gasteiger partial charge in [-0.05, 0) is 19.4 Å². The number of carbonyl (C=O) groups excluding carboxylic acids is 2. The standard InChI is InChI=1S/C11H19N3O2/c1-14-10(15)6-9(11(14)16)13-7-8-4-2-3-5-12-8/h8-9,12-13H,2-7H2,1H3. The highest BCUT2D eigenvalue weighted by Crippen LogP contribution is 2.11. The van der Waals surface area contributed by atoms with Gasteiger partial charge in [0.25, 0.3) is 0 Å². The van der Waals surface area contributed by atoms with E-state index >= 15 is 0 Å². The zero-order valence-corrected chi connectivity index (χ0v) is 9.66. The molecule has 2 atom stereocenters. The quantitative estimate of drug-likeness (QED) is 0.634. The van der Waals surface area contributed by atoms with E-state index in [1.807, 2.05) is 0 Å². The number of likely N-dealkylation sites (tertiary alicyclic amines) is 1. The van der Waals surface area contributed by atoms with Crippen molar-refractivity contribution in [3.05, 3.63) is 0 Å². The highest BCUT2D eigenvalue weighted by molar-refractivity contribution is 6.05. The van der Waals surface area contributed by atoms with Gasteiger partial charge < -0.3 is 10.6 Å². The van der Waals surface area contributed by atoms with Crippen molar-refractivity contribution in [1.82, 2.24) is 15.5 Å². The topological polar surface area (TPSA) is 61.4 Å². The number of rotatable bonds is 3. The summed E-state index contributed by atoms with van der Waals surface area (Å²) in [5.74, 6) is -0.181. The van der Waals surface area contributed by atoms with Crippen molar-refractivity contribution in [2.45, 2.75) is 37.8 Å². The molecule has 0 aromatic rings. The van der Waals surface area contributed by atoms with Crippen molar-refractivity contribution >= 4 is 11.8 Å². The van der Waals surface area contributed by atoms with Gasteiger partial charge in [0.1, 0.15) is 0 Å². The lowest BCUT2D eigenvalue weighted by Gasteiger charge is -2.24. The maximum Gasteiger partial charge on any atom is 0.246 e. The Morgan fingerprint density at radius 1 is 1.44 bits per heavy atom. The predicted octanol–water partition coefficient (Wildman–Crippen LogP) is -0.525. The average molecular weight is 225 g/mol. The molecule has 0 radical (unpaired) electrons. The third-order valence-electron chi connectivity index (χ3n) is 3.40. The maximum absolute atomic E-state index is 11.6. The van der Waals surface area contributed by atoms with Crippen molar-refractivity contribution in [3.8, 4) is 0 Å². The third kappa shape index (κ3) is 2.41. The Morgan fingerprint density at radius 3 is 2.81 bits per heavy atom. The Hall–Kier alpha value is -0.940. The minimum atomic E-state index is -0.304. The van der Waals surface area contributed by atoms with Gasteiger partial charge >= 0.3 is 0 Å². The van der Waals surface area contributed by atoms with Crippen molar-refractivity contribution in [3.63, 3.8) is 0 Å². The molecule has 2 rings (SSSR count). The van der Waals surface area contributed by atoms with Crippen LogP contribution in [0, 0.1) is 0 Å². The van der Waals surface area contributed by atoms with Crippen LogP contribution in [0.3, 0.4) is 0 Å². The van der Waals surface area contributed by atoms with Gasteiger partial charge in [-0.2, -0.15) is 0 Å². The van der Waals surface area contributed by atoms with Crippen LogP contribution in [0.1, 0.15) is 25.7 Å². The van der Waals surface area contributed by atoms with Crippen LogP contribution >= 0.6 is 0 Å². The number of hydrogen-bond donors (Lipinski definition) is 2. The first-order valence-electron chi connectivity index (χ1n) is 5.95. The van der Waals surface area contributed by atoms with Crippen molar-refractivity contribution in [2.24, 2.45) is 0 Å². The maximum atomic E-state index is 11.6. The Bertz CT molecular complexity index is 287. The summed E-state index contributed by atoms with van der Waals surface area (Å²) in [5.41, 5.74) is 0. The van der Waals surface area contributed by atoms with E-state index in [0.717, 1.165) is 19.5 Å². The number of nitrogens with one attached hydrogen (secondary N) is 2. The summed E-state index contributed by atoms with van der Waals surface area (Å²) in [6.45, 7) is 1.83. The Morgan fingerprint density at radius 2 is 2.25 bits per heavy atom. The number of imide groups is 1. The van der Waals surface area contributed by atoms with Crippen molar-refractivity contribution in [1.29, 1.82) is 0 Å². The first-order valence-corrected chi connectivity index (χ1v) is 5.95. The number of carbonyl (C=O) groups is 2. The molecule has 2 N–H and O–H groups in total. The number of nitrogens with zero attached hydrogens (tertiary/aromatic N) is 1. The monoisotopic (exact) mass is 225 g/mol. The predicted molar refractivity (Wildman–Crippen MR) is 59.8 cm³/mol. The van der Waals surface area contributed by atoms with Gasteiger partial charge in [0.05, 0.1) is 12.5 Å². The van der Waals surface area contributed by atoms with Crippen LogP contribution in [0.25, 0.3) is 0 Å². The number of likely N-dealkylation sites (N-methyl/N-ethyl adjacent to an activating group) is 1. The summed E-state index contributed by atoms with van der Waals surface area (Å²) in [5, 5.41) is 6.60. The lowest BCUT2D eigenvalue weighted by Crippen LogP contribution is -2.46.